The van der Waals surface area contributed by atoms with E-state index in [0.29, 0.717) is 18.3 Å². The van der Waals surface area contributed by atoms with E-state index in [4.69, 9.17) is 4.74 Å². The van der Waals surface area contributed by atoms with Gasteiger partial charge in [-0.15, -0.1) is 0 Å². The molecule has 19 heavy (non-hydrogen) atoms. The Morgan fingerprint density at radius 2 is 1.95 bits per heavy atom. The highest BCUT2D eigenvalue weighted by Gasteiger charge is 2.18. The Kier molecular flexibility index (Phi) is 4.46. The minimum absolute atomic E-state index is 0.0145. The molecule has 0 bridgehead atoms. The molecule has 1 N–H and O–H groups in total. The summed E-state index contributed by atoms with van der Waals surface area (Å²) in [6.07, 6.45) is 2.22. The fourth-order valence-corrected chi connectivity index (χ4v) is 2.34. The Morgan fingerprint density at radius 3 is 2.58 bits per heavy atom. The predicted molar refractivity (Wildman–Crippen MR) is 76.2 cm³/mol. The van der Waals surface area contributed by atoms with Crippen LogP contribution in [0.5, 0.6) is 5.75 Å². The smallest absolute Gasteiger partial charge is 0.165 e. The first-order chi connectivity index (χ1) is 8.97. The van der Waals surface area contributed by atoms with Crippen LogP contribution in [0.2, 0.25) is 0 Å². The van der Waals surface area contributed by atoms with Gasteiger partial charge in [-0.25, -0.2) is 4.39 Å². The van der Waals surface area contributed by atoms with E-state index in [9.17, 15) is 4.39 Å². The van der Waals surface area contributed by atoms with Crippen molar-refractivity contribution in [3.63, 3.8) is 0 Å². The maximum Gasteiger partial charge on any atom is 0.165 e. The van der Waals surface area contributed by atoms with Gasteiger partial charge in [-0.1, -0.05) is 26.8 Å². The molecule has 1 fully saturated rings. The van der Waals surface area contributed by atoms with Gasteiger partial charge < -0.3 is 10.1 Å². The Morgan fingerprint density at radius 1 is 1.26 bits per heavy atom. The largest absolute Gasteiger partial charge is 0.490 e. The molecule has 0 amide bonds. The summed E-state index contributed by atoms with van der Waals surface area (Å²) in [5.74, 6) is 0.673. The molecule has 0 aromatic heterocycles. The molecule has 0 unspecified atom stereocenters. The predicted octanol–water partition coefficient (Wildman–Crippen LogP) is 3.50. The van der Waals surface area contributed by atoms with Crippen molar-refractivity contribution in [2.24, 2.45) is 5.92 Å². The summed E-state index contributed by atoms with van der Waals surface area (Å²) < 4.78 is 19.5. The maximum absolute atomic E-state index is 13.8. The molecule has 0 saturated carbocycles. The van der Waals surface area contributed by atoms with Crippen LogP contribution in [0.15, 0.2) is 18.2 Å². The van der Waals surface area contributed by atoms with E-state index in [1.807, 2.05) is 12.1 Å². The zero-order valence-electron chi connectivity index (χ0n) is 12.1. The zero-order valence-corrected chi connectivity index (χ0v) is 12.1. The van der Waals surface area contributed by atoms with Crippen LogP contribution in [0.1, 0.15) is 39.2 Å². The van der Waals surface area contributed by atoms with Crippen molar-refractivity contribution in [3.05, 3.63) is 29.6 Å². The van der Waals surface area contributed by atoms with Crippen LogP contribution in [0, 0.1) is 11.7 Å². The number of nitrogens with one attached hydrogen (secondary N) is 1. The second-order valence-electron chi connectivity index (χ2n) is 6.40. The summed E-state index contributed by atoms with van der Waals surface area (Å²) in [4.78, 5) is 0. The van der Waals surface area contributed by atoms with Gasteiger partial charge >= 0.3 is 0 Å². The average Bonchev–Trinajstić information content (AvgIpc) is 2.37. The molecule has 0 atom stereocenters. The molecule has 1 saturated heterocycles. The Balaban J connectivity index is 2.02. The topological polar surface area (TPSA) is 21.3 Å². The van der Waals surface area contributed by atoms with Gasteiger partial charge in [0.25, 0.3) is 0 Å². The lowest BCUT2D eigenvalue weighted by Gasteiger charge is -2.24. The Hall–Kier alpha value is -1.09. The summed E-state index contributed by atoms with van der Waals surface area (Å²) in [6, 6.07) is 5.20. The van der Waals surface area contributed by atoms with Crippen LogP contribution in [-0.2, 0) is 5.41 Å². The lowest BCUT2D eigenvalue weighted by Crippen LogP contribution is -2.30. The summed E-state index contributed by atoms with van der Waals surface area (Å²) in [5, 5.41) is 3.32. The highest BCUT2D eigenvalue weighted by Crippen LogP contribution is 2.28. The second-order valence-corrected chi connectivity index (χ2v) is 6.40. The van der Waals surface area contributed by atoms with Gasteiger partial charge in [0.2, 0.25) is 0 Å². The molecule has 1 heterocycles. The first-order valence-electron chi connectivity index (χ1n) is 7.10. The molecule has 2 rings (SSSR count). The fourth-order valence-electron chi connectivity index (χ4n) is 2.34. The molecule has 1 aliphatic rings. The lowest BCUT2D eigenvalue weighted by molar-refractivity contribution is 0.208. The Bertz CT molecular complexity index is 419. The van der Waals surface area contributed by atoms with Gasteiger partial charge in [0.05, 0.1) is 6.61 Å². The van der Waals surface area contributed by atoms with E-state index < -0.39 is 0 Å². The standard InChI is InChI=1S/C16H24FNO/c1-16(2,3)13-4-5-14(17)15(10-13)19-11-12-6-8-18-9-7-12/h4-5,10,12,18H,6-9,11H2,1-3H3. The molecule has 0 spiro atoms. The summed E-state index contributed by atoms with van der Waals surface area (Å²) in [5.41, 5.74) is 1.12. The van der Waals surface area contributed by atoms with E-state index in [-0.39, 0.29) is 11.2 Å². The average molecular weight is 265 g/mol. The zero-order chi connectivity index (χ0) is 13.9. The van der Waals surface area contributed by atoms with E-state index in [2.05, 4.69) is 26.1 Å². The van der Waals surface area contributed by atoms with Gasteiger partial charge in [0.1, 0.15) is 0 Å². The number of halogens is 1. The number of hydrogen-bond acceptors (Lipinski definition) is 2. The van der Waals surface area contributed by atoms with E-state index in [0.717, 1.165) is 31.5 Å². The van der Waals surface area contributed by atoms with Crippen LogP contribution < -0.4 is 10.1 Å². The number of rotatable bonds is 3. The first kappa shape index (κ1) is 14.3. The third-order valence-electron chi connectivity index (χ3n) is 3.73. The minimum Gasteiger partial charge on any atom is -0.490 e. The van der Waals surface area contributed by atoms with Crippen LogP contribution in [0.4, 0.5) is 4.39 Å². The quantitative estimate of drug-likeness (QED) is 0.903. The first-order valence-corrected chi connectivity index (χ1v) is 7.10. The normalized spacial score (nSPS) is 17.5. The highest BCUT2D eigenvalue weighted by atomic mass is 19.1. The van der Waals surface area contributed by atoms with Gasteiger partial charge in [-0.3, -0.25) is 0 Å². The number of benzene rings is 1. The van der Waals surface area contributed by atoms with E-state index in [1.165, 1.54) is 6.07 Å². The Labute approximate surface area is 115 Å². The molecule has 1 aliphatic heterocycles. The fraction of sp³-hybridized carbons (Fsp3) is 0.625. The van der Waals surface area contributed by atoms with Crippen LogP contribution in [-0.4, -0.2) is 19.7 Å². The molecule has 106 valence electrons. The van der Waals surface area contributed by atoms with Crippen molar-refractivity contribution in [3.8, 4) is 5.75 Å². The molecular formula is C16H24FNO. The third-order valence-corrected chi connectivity index (χ3v) is 3.73. The molecule has 3 heteroatoms. The third kappa shape index (κ3) is 3.93. The summed E-state index contributed by atoms with van der Waals surface area (Å²) in [7, 11) is 0. The van der Waals surface area contributed by atoms with Crippen molar-refractivity contribution >= 4 is 0 Å². The van der Waals surface area contributed by atoms with Gasteiger partial charge in [0.15, 0.2) is 11.6 Å². The maximum atomic E-state index is 13.8. The lowest BCUT2D eigenvalue weighted by atomic mass is 9.87. The van der Waals surface area contributed by atoms with Crippen molar-refractivity contribution in [2.45, 2.75) is 39.0 Å². The van der Waals surface area contributed by atoms with E-state index >= 15 is 0 Å². The monoisotopic (exact) mass is 265 g/mol. The van der Waals surface area contributed by atoms with Crippen LogP contribution in [0.3, 0.4) is 0 Å². The van der Waals surface area contributed by atoms with Crippen molar-refractivity contribution in [1.82, 2.24) is 5.32 Å². The second kappa shape index (κ2) is 5.91. The minimum atomic E-state index is -0.262. The molecule has 0 aliphatic carbocycles. The van der Waals surface area contributed by atoms with Crippen LogP contribution >= 0.6 is 0 Å². The van der Waals surface area contributed by atoms with Crippen molar-refractivity contribution < 1.29 is 9.13 Å². The molecular weight excluding hydrogens is 241 g/mol. The van der Waals surface area contributed by atoms with Crippen LogP contribution in [0.25, 0.3) is 0 Å². The van der Waals surface area contributed by atoms with Gasteiger partial charge in [0, 0.05) is 0 Å². The van der Waals surface area contributed by atoms with E-state index in [1.54, 1.807) is 0 Å². The van der Waals surface area contributed by atoms with Crippen molar-refractivity contribution in [2.75, 3.05) is 19.7 Å². The van der Waals surface area contributed by atoms with Crippen molar-refractivity contribution in [1.29, 1.82) is 0 Å². The van der Waals surface area contributed by atoms with Gasteiger partial charge in [-0.2, -0.15) is 0 Å². The number of ether oxygens (including phenoxy) is 1. The van der Waals surface area contributed by atoms with Gasteiger partial charge in [-0.05, 0) is 55.0 Å². The molecule has 2 nitrogen and oxygen atoms in total. The number of piperidine rings is 1. The molecule has 0 radical (unpaired) electrons. The SMILES string of the molecule is CC(C)(C)c1ccc(F)c(OCC2CCNCC2)c1. The summed E-state index contributed by atoms with van der Waals surface area (Å²) in [6.45, 7) is 9.06. The molecule has 1 aromatic carbocycles. The number of hydrogen-bond donors (Lipinski definition) is 1. The molecule has 1 aromatic rings. The summed E-state index contributed by atoms with van der Waals surface area (Å²) >= 11 is 0. The highest BCUT2D eigenvalue weighted by molar-refractivity contribution is 5.34.